The number of nitrogens with two attached hydrogens (primary N) is 1. The van der Waals surface area contributed by atoms with Crippen molar-refractivity contribution >= 4 is 17.3 Å². The van der Waals surface area contributed by atoms with Crippen molar-refractivity contribution in [2.24, 2.45) is 5.92 Å². The number of nitrogen functional groups attached to an aromatic ring is 1. The number of hydrogen-bond donors (Lipinski definition) is 3. The molecule has 0 amide bonds. The van der Waals surface area contributed by atoms with E-state index in [0.29, 0.717) is 17.3 Å². The Morgan fingerprint density at radius 3 is 2.75 bits per heavy atom. The molecule has 0 aliphatic carbocycles. The smallest absolute Gasteiger partial charge is 0.337 e. The van der Waals surface area contributed by atoms with Gasteiger partial charge in [-0.1, -0.05) is 19.9 Å². The summed E-state index contributed by atoms with van der Waals surface area (Å²) in [6.07, 6.45) is 0.980. The minimum absolute atomic E-state index is 0.226. The van der Waals surface area contributed by atoms with E-state index in [1.54, 1.807) is 18.2 Å². The highest BCUT2D eigenvalue weighted by Crippen LogP contribution is 2.23. The normalized spacial score (nSPS) is 10.4. The predicted octanol–water partition coefficient (Wildman–Crippen LogP) is 2.42. The molecule has 0 heterocycles. The first-order valence-electron chi connectivity index (χ1n) is 5.38. The molecule has 1 aromatic rings. The summed E-state index contributed by atoms with van der Waals surface area (Å²) >= 11 is 0. The fourth-order valence-corrected chi connectivity index (χ4v) is 1.43. The Labute approximate surface area is 95.5 Å². The molecule has 4 N–H and O–H groups in total. The van der Waals surface area contributed by atoms with Crippen molar-refractivity contribution in [3.05, 3.63) is 23.8 Å². The molecule has 0 spiro atoms. The van der Waals surface area contributed by atoms with Crippen molar-refractivity contribution in [2.75, 3.05) is 17.6 Å². The molecule has 0 saturated carbocycles. The predicted molar refractivity (Wildman–Crippen MR) is 65.8 cm³/mol. The van der Waals surface area contributed by atoms with E-state index >= 15 is 0 Å². The molecular formula is C12H18N2O2. The minimum atomic E-state index is -0.959. The maximum absolute atomic E-state index is 11.0. The Morgan fingerprint density at radius 2 is 2.19 bits per heavy atom. The Morgan fingerprint density at radius 1 is 1.50 bits per heavy atom. The molecule has 0 bridgehead atoms. The maximum Gasteiger partial charge on any atom is 0.337 e. The molecule has 0 saturated heterocycles. The molecule has 0 fully saturated rings. The van der Waals surface area contributed by atoms with Crippen LogP contribution in [0.2, 0.25) is 0 Å². The van der Waals surface area contributed by atoms with Gasteiger partial charge in [-0.05, 0) is 24.5 Å². The van der Waals surface area contributed by atoms with Gasteiger partial charge in [0, 0.05) is 6.54 Å². The van der Waals surface area contributed by atoms with E-state index < -0.39 is 5.97 Å². The molecule has 0 unspecified atom stereocenters. The van der Waals surface area contributed by atoms with Crippen LogP contribution in [0.25, 0.3) is 0 Å². The highest BCUT2D eigenvalue weighted by Gasteiger charge is 2.11. The third-order valence-corrected chi connectivity index (χ3v) is 2.35. The van der Waals surface area contributed by atoms with Crippen LogP contribution in [-0.2, 0) is 0 Å². The summed E-state index contributed by atoms with van der Waals surface area (Å²) in [5, 5.41) is 12.1. The van der Waals surface area contributed by atoms with E-state index in [4.69, 9.17) is 10.8 Å². The monoisotopic (exact) mass is 222 g/mol. The third-order valence-electron chi connectivity index (χ3n) is 2.35. The summed E-state index contributed by atoms with van der Waals surface area (Å²) in [4.78, 5) is 11.0. The first-order valence-corrected chi connectivity index (χ1v) is 5.38. The Hall–Kier alpha value is -1.71. The molecule has 0 aliphatic heterocycles. The van der Waals surface area contributed by atoms with E-state index in [9.17, 15) is 4.79 Å². The van der Waals surface area contributed by atoms with Gasteiger partial charge in [0.2, 0.25) is 0 Å². The van der Waals surface area contributed by atoms with Gasteiger partial charge in [0.1, 0.15) is 0 Å². The largest absolute Gasteiger partial charge is 0.478 e. The van der Waals surface area contributed by atoms with Crippen LogP contribution in [0.4, 0.5) is 11.4 Å². The molecule has 0 aromatic heterocycles. The summed E-state index contributed by atoms with van der Waals surface area (Å²) < 4.78 is 0. The van der Waals surface area contributed by atoms with Crippen LogP contribution >= 0.6 is 0 Å². The van der Waals surface area contributed by atoms with Crippen molar-refractivity contribution in [1.82, 2.24) is 0 Å². The molecular weight excluding hydrogens is 204 g/mol. The van der Waals surface area contributed by atoms with Gasteiger partial charge in [0.25, 0.3) is 0 Å². The summed E-state index contributed by atoms with van der Waals surface area (Å²) in [6, 6.07) is 4.90. The van der Waals surface area contributed by atoms with Gasteiger partial charge in [-0.2, -0.15) is 0 Å². The van der Waals surface area contributed by atoms with E-state index in [2.05, 4.69) is 19.2 Å². The number of nitrogens with one attached hydrogen (secondary N) is 1. The average Bonchev–Trinajstić information content (AvgIpc) is 2.19. The molecule has 88 valence electrons. The molecule has 0 radical (unpaired) electrons. The molecule has 4 heteroatoms. The molecule has 1 rings (SSSR count). The van der Waals surface area contributed by atoms with Gasteiger partial charge in [-0.15, -0.1) is 0 Å². The molecule has 1 aromatic carbocycles. The van der Waals surface area contributed by atoms with Crippen LogP contribution in [0, 0.1) is 5.92 Å². The first-order chi connectivity index (χ1) is 7.52. The summed E-state index contributed by atoms with van der Waals surface area (Å²) in [7, 11) is 0. The lowest BCUT2D eigenvalue weighted by atomic mass is 10.1. The SMILES string of the molecule is CC(C)CCNc1c(N)cccc1C(=O)O. The number of hydrogen-bond acceptors (Lipinski definition) is 3. The topological polar surface area (TPSA) is 75.3 Å². The van der Waals surface area contributed by atoms with Crippen LogP contribution < -0.4 is 11.1 Å². The van der Waals surface area contributed by atoms with Crippen LogP contribution in [0.3, 0.4) is 0 Å². The van der Waals surface area contributed by atoms with E-state index in [1.165, 1.54) is 0 Å². The third kappa shape index (κ3) is 3.15. The second kappa shape index (κ2) is 5.39. The van der Waals surface area contributed by atoms with Gasteiger partial charge in [0.05, 0.1) is 16.9 Å². The van der Waals surface area contributed by atoms with Crippen LogP contribution in [0.5, 0.6) is 0 Å². The van der Waals surface area contributed by atoms with Crippen LogP contribution in [0.1, 0.15) is 30.6 Å². The Kier molecular flexibility index (Phi) is 4.17. The van der Waals surface area contributed by atoms with Crippen molar-refractivity contribution in [3.63, 3.8) is 0 Å². The number of rotatable bonds is 5. The Bertz CT molecular complexity index is 375. The summed E-state index contributed by atoms with van der Waals surface area (Å²) in [6.45, 7) is 4.97. The molecule has 0 atom stereocenters. The van der Waals surface area contributed by atoms with Crippen LogP contribution in [-0.4, -0.2) is 17.6 Å². The van der Waals surface area contributed by atoms with E-state index in [0.717, 1.165) is 13.0 Å². The number of para-hydroxylation sites is 1. The zero-order chi connectivity index (χ0) is 12.1. The standard InChI is InChI=1S/C12H18N2O2/c1-8(2)6-7-14-11-9(12(15)16)4-3-5-10(11)13/h3-5,8,14H,6-7,13H2,1-2H3,(H,15,16). The fraction of sp³-hybridized carbons (Fsp3) is 0.417. The quantitative estimate of drug-likeness (QED) is 0.669. The number of benzene rings is 1. The second-order valence-corrected chi connectivity index (χ2v) is 4.18. The fourth-order valence-electron chi connectivity index (χ4n) is 1.43. The van der Waals surface area contributed by atoms with Crippen molar-refractivity contribution in [1.29, 1.82) is 0 Å². The average molecular weight is 222 g/mol. The zero-order valence-corrected chi connectivity index (χ0v) is 9.66. The number of carbonyl (C=O) groups is 1. The van der Waals surface area contributed by atoms with Crippen molar-refractivity contribution in [2.45, 2.75) is 20.3 Å². The van der Waals surface area contributed by atoms with E-state index in [-0.39, 0.29) is 5.56 Å². The summed E-state index contributed by atoms with van der Waals surface area (Å²) in [5.41, 5.74) is 6.98. The van der Waals surface area contributed by atoms with Crippen LogP contribution in [0.15, 0.2) is 18.2 Å². The first kappa shape index (κ1) is 12.4. The highest BCUT2D eigenvalue weighted by molar-refractivity contribution is 5.97. The van der Waals surface area contributed by atoms with Crippen molar-refractivity contribution in [3.8, 4) is 0 Å². The van der Waals surface area contributed by atoms with Crippen molar-refractivity contribution < 1.29 is 9.90 Å². The zero-order valence-electron chi connectivity index (χ0n) is 9.66. The molecule has 4 nitrogen and oxygen atoms in total. The second-order valence-electron chi connectivity index (χ2n) is 4.18. The van der Waals surface area contributed by atoms with Gasteiger partial charge < -0.3 is 16.2 Å². The number of aromatic carboxylic acids is 1. The Balaban J connectivity index is 2.80. The van der Waals surface area contributed by atoms with Gasteiger partial charge >= 0.3 is 5.97 Å². The number of carboxylic acid groups (broad SMARTS) is 1. The maximum atomic E-state index is 11.0. The highest BCUT2D eigenvalue weighted by atomic mass is 16.4. The molecule has 0 aliphatic rings. The lowest BCUT2D eigenvalue weighted by Crippen LogP contribution is -2.11. The number of anilines is 2. The number of carboxylic acids is 1. The molecule has 16 heavy (non-hydrogen) atoms. The van der Waals surface area contributed by atoms with Gasteiger partial charge in [-0.25, -0.2) is 4.79 Å². The minimum Gasteiger partial charge on any atom is -0.478 e. The van der Waals surface area contributed by atoms with Gasteiger partial charge in [-0.3, -0.25) is 0 Å². The lowest BCUT2D eigenvalue weighted by Gasteiger charge is -2.13. The summed E-state index contributed by atoms with van der Waals surface area (Å²) in [5.74, 6) is -0.384. The van der Waals surface area contributed by atoms with Gasteiger partial charge in [0.15, 0.2) is 0 Å². The lowest BCUT2D eigenvalue weighted by molar-refractivity contribution is 0.0698. The van der Waals surface area contributed by atoms with E-state index in [1.807, 2.05) is 0 Å².